The van der Waals surface area contributed by atoms with Crippen LogP contribution in [0.3, 0.4) is 0 Å². The van der Waals surface area contributed by atoms with Gasteiger partial charge in [0.25, 0.3) is 5.91 Å². The van der Waals surface area contributed by atoms with Crippen molar-refractivity contribution in [2.75, 3.05) is 0 Å². The molecule has 5 rings (SSSR count). The molecular weight excluding hydrogens is 380 g/mol. The van der Waals surface area contributed by atoms with Gasteiger partial charge < -0.3 is 0 Å². The molecule has 0 bridgehead atoms. The van der Waals surface area contributed by atoms with Crippen molar-refractivity contribution < 1.29 is 4.79 Å². The van der Waals surface area contributed by atoms with Crippen LogP contribution in [0.5, 0.6) is 0 Å². The first kappa shape index (κ1) is 18.4. The number of thioether (sulfide) groups is 1. The fourth-order valence-corrected chi connectivity index (χ4v) is 5.14. The van der Waals surface area contributed by atoms with Crippen molar-refractivity contribution in [1.82, 2.24) is 10.3 Å². The molecule has 1 N–H and O–H groups in total. The van der Waals surface area contributed by atoms with Crippen LogP contribution in [0, 0.1) is 6.92 Å². The number of nitrogens with zero attached hydrogens (tertiary/aromatic N) is 3. The van der Waals surface area contributed by atoms with Crippen molar-refractivity contribution in [3.63, 3.8) is 0 Å². The van der Waals surface area contributed by atoms with E-state index in [4.69, 9.17) is 10.1 Å². The number of hydrogen-bond donors (Lipinski definition) is 1. The van der Waals surface area contributed by atoms with Crippen LogP contribution < -0.4 is 15.9 Å². The highest BCUT2D eigenvalue weighted by atomic mass is 32.2. The molecule has 5 nitrogen and oxygen atoms in total. The van der Waals surface area contributed by atoms with Gasteiger partial charge in [0.15, 0.2) is 10.8 Å². The van der Waals surface area contributed by atoms with E-state index in [1.54, 1.807) is 11.8 Å². The van der Waals surface area contributed by atoms with Gasteiger partial charge in [0.2, 0.25) is 0 Å². The zero-order valence-electron chi connectivity index (χ0n) is 16.5. The Balaban J connectivity index is 1.53. The van der Waals surface area contributed by atoms with Gasteiger partial charge in [0.1, 0.15) is 5.70 Å². The summed E-state index contributed by atoms with van der Waals surface area (Å²) in [5, 5.41) is 12.3. The van der Waals surface area contributed by atoms with E-state index in [0.29, 0.717) is 10.9 Å². The summed E-state index contributed by atoms with van der Waals surface area (Å²) in [5.41, 5.74) is 2.66. The molecule has 1 spiro atoms. The Kier molecular flexibility index (Phi) is 4.66. The van der Waals surface area contributed by atoms with Gasteiger partial charge in [-0.25, -0.2) is 5.01 Å². The highest BCUT2D eigenvalue weighted by Crippen LogP contribution is 2.39. The van der Waals surface area contributed by atoms with Crippen LogP contribution in [-0.4, -0.2) is 21.7 Å². The van der Waals surface area contributed by atoms with Crippen molar-refractivity contribution in [2.24, 2.45) is 10.1 Å². The predicted molar refractivity (Wildman–Crippen MR) is 116 cm³/mol. The smallest absolute Gasteiger partial charge is 0.276 e. The molecule has 2 heterocycles. The number of amidine groups is 1. The van der Waals surface area contributed by atoms with E-state index < -0.39 is 5.66 Å². The van der Waals surface area contributed by atoms with E-state index in [9.17, 15) is 4.79 Å². The normalized spacial score (nSPS) is 19.8. The number of para-hydroxylation sites is 1. The molecule has 0 radical (unpaired) electrons. The lowest BCUT2D eigenvalue weighted by Crippen LogP contribution is -2.59. The number of aryl methyl sites for hydroxylation is 1. The van der Waals surface area contributed by atoms with E-state index in [2.05, 4.69) is 36.5 Å². The topological polar surface area (TPSA) is 57.1 Å². The molecule has 148 valence electrons. The minimum absolute atomic E-state index is 0.0845. The lowest BCUT2D eigenvalue weighted by molar-refractivity contribution is -0.116. The number of hydrazone groups is 1. The van der Waals surface area contributed by atoms with Crippen molar-refractivity contribution in [1.29, 1.82) is 0 Å². The van der Waals surface area contributed by atoms with E-state index in [1.165, 1.54) is 17.5 Å². The van der Waals surface area contributed by atoms with Gasteiger partial charge in [-0.15, -0.1) is 5.10 Å². The number of carbonyl (C=O) groups excluding carboxylic acids is 1. The Morgan fingerprint density at radius 3 is 2.62 bits per heavy atom. The van der Waals surface area contributed by atoms with Crippen molar-refractivity contribution in [3.05, 3.63) is 70.2 Å². The summed E-state index contributed by atoms with van der Waals surface area (Å²) < 4.78 is 0. The maximum Gasteiger partial charge on any atom is 0.276 e. The SMILES string of the molecule is Cc1ccc(CSC2=NN3C(=c4ccccc4=NC34CCCCC4)C(=O)N2)cc1. The fourth-order valence-electron chi connectivity index (χ4n) is 4.34. The molecule has 0 saturated heterocycles. The van der Waals surface area contributed by atoms with Crippen LogP contribution >= 0.6 is 11.8 Å². The average molecular weight is 405 g/mol. The van der Waals surface area contributed by atoms with Crippen molar-refractivity contribution >= 4 is 28.5 Å². The molecule has 0 aromatic heterocycles. The van der Waals surface area contributed by atoms with E-state index in [0.717, 1.165) is 42.0 Å². The molecule has 1 saturated carbocycles. The first-order chi connectivity index (χ1) is 14.1. The predicted octanol–water partition coefficient (Wildman–Crippen LogP) is 3.03. The minimum atomic E-state index is -0.435. The Morgan fingerprint density at radius 1 is 1.07 bits per heavy atom. The summed E-state index contributed by atoms with van der Waals surface area (Å²) >= 11 is 1.57. The van der Waals surface area contributed by atoms with E-state index in [-0.39, 0.29) is 5.91 Å². The third kappa shape index (κ3) is 3.35. The van der Waals surface area contributed by atoms with Crippen LogP contribution in [0.25, 0.3) is 5.70 Å². The van der Waals surface area contributed by atoms with Gasteiger partial charge in [-0.05, 0) is 44.2 Å². The number of carbonyl (C=O) groups is 1. The molecule has 0 unspecified atom stereocenters. The Labute approximate surface area is 174 Å². The third-order valence-corrected chi connectivity index (χ3v) is 6.81. The molecule has 3 aliphatic rings. The van der Waals surface area contributed by atoms with Crippen molar-refractivity contribution in [2.45, 2.75) is 50.4 Å². The number of nitrogens with one attached hydrogen (secondary N) is 1. The summed E-state index contributed by atoms with van der Waals surface area (Å²) in [6.45, 7) is 2.08. The molecule has 1 amide bonds. The summed E-state index contributed by atoms with van der Waals surface area (Å²) in [7, 11) is 0. The zero-order valence-corrected chi connectivity index (χ0v) is 17.3. The summed E-state index contributed by atoms with van der Waals surface area (Å²) in [6, 6.07) is 16.4. The molecule has 2 aliphatic heterocycles. The minimum Gasteiger partial charge on any atom is -0.298 e. The maximum absolute atomic E-state index is 13.2. The van der Waals surface area contributed by atoms with Gasteiger partial charge in [0.05, 0.1) is 5.36 Å². The molecule has 6 heteroatoms. The van der Waals surface area contributed by atoms with Gasteiger partial charge in [-0.2, -0.15) is 0 Å². The zero-order chi connectivity index (χ0) is 19.8. The average Bonchev–Trinajstić information content (AvgIpc) is 2.74. The number of fused-ring (bicyclic) bond motifs is 3. The monoisotopic (exact) mass is 404 g/mol. The molecular formula is C23H24N4OS. The molecule has 29 heavy (non-hydrogen) atoms. The first-order valence-electron chi connectivity index (χ1n) is 10.2. The number of hydrogen-bond acceptors (Lipinski definition) is 5. The second-order valence-electron chi connectivity index (χ2n) is 7.97. The molecule has 1 aliphatic carbocycles. The third-order valence-electron chi connectivity index (χ3n) is 5.87. The second kappa shape index (κ2) is 7.34. The van der Waals surface area contributed by atoms with E-state index >= 15 is 0 Å². The second-order valence-corrected chi connectivity index (χ2v) is 8.93. The fraction of sp³-hybridized carbons (Fsp3) is 0.348. The summed E-state index contributed by atoms with van der Waals surface area (Å²) in [5.74, 6) is 0.683. The first-order valence-corrected chi connectivity index (χ1v) is 11.2. The van der Waals surface area contributed by atoms with Gasteiger partial charge in [0, 0.05) is 11.0 Å². The Bertz CT molecular complexity index is 1100. The van der Waals surface area contributed by atoms with Gasteiger partial charge in [-0.3, -0.25) is 15.1 Å². The maximum atomic E-state index is 13.2. The molecule has 2 aromatic rings. The Hall–Kier alpha value is -2.60. The molecule has 0 atom stereocenters. The van der Waals surface area contributed by atoms with Crippen LogP contribution in [0.1, 0.15) is 43.2 Å². The summed E-state index contributed by atoms with van der Waals surface area (Å²) in [6.07, 6.45) is 5.29. The van der Waals surface area contributed by atoms with Crippen LogP contribution in [-0.2, 0) is 10.5 Å². The van der Waals surface area contributed by atoms with E-state index in [1.807, 2.05) is 29.3 Å². The standard InChI is InChI=1S/C23H24N4OS/c1-16-9-11-17(12-10-16)15-29-22-24-21(28)20-18-7-3-4-8-19(18)25-23(27(20)26-22)13-5-2-6-14-23/h3-4,7-12H,2,5-6,13-15H2,1H3,(H,24,26,28). The highest BCUT2D eigenvalue weighted by molar-refractivity contribution is 8.13. The molecule has 2 aromatic carbocycles. The van der Waals surface area contributed by atoms with Gasteiger partial charge in [-0.1, -0.05) is 66.2 Å². The lowest BCUT2D eigenvalue weighted by atomic mass is 9.87. The highest BCUT2D eigenvalue weighted by Gasteiger charge is 2.45. The quantitative estimate of drug-likeness (QED) is 0.837. The van der Waals surface area contributed by atoms with Crippen molar-refractivity contribution in [3.8, 4) is 0 Å². The van der Waals surface area contributed by atoms with Gasteiger partial charge >= 0.3 is 0 Å². The lowest BCUT2D eigenvalue weighted by Gasteiger charge is -2.45. The van der Waals surface area contributed by atoms with Crippen LogP contribution in [0.4, 0.5) is 0 Å². The van der Waals surface area contributed by atoms with Crippen LogP contribution in [0.2, 0.25) is 0 Å². The van der Waals surface area contributed by atoms with Crippen LogP contribution in [0.15, 0.2) is 58.6 Å². The molecule has 1 fully saturated rings. The number of rotatable bonds is 2. The Morgan fingerprint density at radius 2 is 1.83 bits per heavy atom. The number of amides is 1. The largest absolute Gasteiger partial charge is 0.298 e. The number of benzene rings is 2. The summed E-state index contributed by atoms with van der Waals surface area (Å²) in [4.78, 5) is 18.3.